The van der Waals surface area contributed by atoms with E-state index in [9.17, 15) is 19.2 Å². The molecule has 3 amide bonds. The fraction of sp³-hybridized carbons (Fsp3) is 0.562. The molecule has 0 saturated carbocycles. The Morgan fingerprint density at radius 1 is 0.909 bits per heavy atom. The van der Waals surface area contributed by atoms with Gasteiger partial charge in [0.15, 0.2) is 5.82 Å². The SMILES string of the molecule is CCOC(=O)N1CCN(C(=O)C(CCC(=O)OC(C)(C)C)NC(=O)c2cc(N3CCCCC3)nc(-c3ccccc3)n2)CC1. The van der Waals surface area contributed by atoms with Gasteiger partial charge in [-0.25, -0.2) is 14.8 Å². The predicted molar refractivity (Wildman–Crippen MR) is 165 cm³/mol. The quantitative estimate of drug-likeness (QED) is 0.423. The maximum Gasteiger partial charge on any atom is 0.409 e. The van der Waals surface area contributed by atoms with Crippen molar-refractivity contribution < 1.29 is 28.7 Å². The molecule has 1 aromatic heterocycles. The number of nitrogens with one attached hydrogen (secondary N) is 1. The third-order valence-electron chi connectivity index (χ3n) is 7.44. The average Bonchev–Trinajstić information content (AvgIpc) is 3.02. The molecule has 1 atom stereocenters. The van der Waals surface area contributed by atoms with Gasteiger partial charge in [-0.2, -0.15) is 0 Å². The number of piperidine rings is 1. The lowest BCUT2D eigenvalue weighted by molar-refractivity contribution is -0.155. The van der Waals surface area contributed by atoms with E-state index in [2.05, 4.69) is 15.2 Å². The minimum Gasteiger partial charge on any atom is -0.460 e. The summed E-state index contributed by atoms with van der Waals surface area (Å²) in [5.41, 5.74) is 0.238. The van der Waals surface area contributed by atoms with Crippen molar-refractivity contribution in [3.63, 3.8) is 0 Å². The Bertz CT molecular complexity index is 1300. The van der Waals surface area contributed by atoms with Crippen molar-refractivity contribution in [1.29, 1.82) is 0 Å². The van der Waals surface area contributed by atoms with Gasteiger partial charge in [0.1, 0.15) is 23.2 Å². The molecule has 2 aromatic rings. The van der Waals surface area contributed by atoms with Gasteiger partial charge in [-0.1, -0.05) is 30.3 Å². The van der Waals surface area contributed by atoms with Gasteiger partial charge in [-0.3, -0.25) is 14.4 Å². The Labute approximate surface area is 259 Å². The molecule has 2 aliphatic rings. The zero-order valence-electron chi connectivity index (χ0n) is 26.2. The van der Waals surface area contributed by atoms with E-state index in [1.165, 1.54) is 0 Å². The Hall–Kier alpha value is -4.22. The van der Waals surface area contributed by atoms with Gasteiger partial charge in [-0.15, -0.1) is 0 Å². The summed E-state index contributed by atoms with van der Waals surface area (Å²) >= 11 is 0. The molecule has 1 unspecified atom stereocenters. The first kappa shape index (κ1) is 32.7. The highest BCUT2D eigenvalue weighted by Gasteiger charge is 2.32. The van der Waals surface area contributed by atoms with Crippen LogP contribution in [0.3, 0.4) is 0 Å². The number of carbonyl (C=O) groups is 4. The summed E-state index contributed by atoms with van der Waals surface area (Å²) in [7, 11) is 0. The van der Waals surface area contributed by atoms with Crippen LogP contribution in [-0.2, 0) is 19.1 Å². The molecule has 0 radical (unpaired) electrons. The molecule has 0 bridgehead atoms. The third-order valence-corrected chi connectivity index (χ3v) is 7.44. The van der Waals surface area contributed by atoms with Gasteiger partial charge >= 0.3 is 12.1 Å². The highest BCUT2D eigenvalue weighted by atomic mass is 16.6. The number of esters is 1. The van der Waals surface area contributed by atoms with Crippen LogP contribution in [0.15, 0.2) is 36.4 Å². The van der Waals surface area contributed by atoms with Crippen LogP contribution in [0.4, 0.5) is 10.6 Å². The normalized spacial score (nSPS) is 16.2. The van der Waals surface area contributed by atoms with Gasteiger partial charge in [0.25, 0.3) is 5.91 Å². The number of ether oxygens (including phenoxy) is 2. The number of aromatic nitrogens is 2. The molecule has 3 heterocycles. The molecule has 12 nitrogen and oxygen atoms in total. The molecular weight excluding hydrogens is 564 g/mol. The Morgan fingerprint density at radius 2 is 1.57 bits per heavy atom. The van der Waals surface area contributed by atoms with Crippen molar-refractivity contribution >= 4 is 29.7 Å². The topological polar surface area (TPSA) is 134 Å². The molecule has 44 heavy (non-hydrogen) atoms. The van der Waals surface area contributed by atoms with Crippen LogP contribution in [0.2, 0.25) is 0 Å². The van der Waals surface area contributed by atoms with Gasteiger partial charge in [0.2, 0.25) is 5.91 Å². The molecular formula is C32H44N6O6. The van der Waals surface area contributed by atoms with Gasteiger partial charge in [0.05, 0.1) is 6.61 Å². The summed E-state index contributed by atoms with van der Waals surface area (Å²) in [5.74, 6) is -0.243. The second-order valence-electron chi connectivity index (χ2n) is 12.0. The number of anilines is 1. The first-order valence-electron chi connectivity index (χ1n) is 15.5. The first-order chi connectivity index (χ1) is 21.0. The monoisotopic (exact) mass is 608 g/mol. The van der Waals surface area contributed by atoms with Crippen LogP contribution < -0.4 is 10.2 Å². The number of hydrogen-bond acceptors (Lipinski definition) is 9. The smallest absolute Gasteiger partial charge is 0.409 e. The molecule has 238 valence electrons. The lowest BCUT2D eigenvalue weighted by Gasteiger charge is -2.36. The van der Waals surface area contributed by atoms with E-state index < -0.39 is 29.6 Å². The Balaban J connectivity index is 1.56. The highest BCUT2D eigenvalue weighted by Crippen LogP contribution is 2.23. The molecule has 2 aliphatic heterocycles. The maximum absolute atomic E-state index is 13.8. The first-order valence-corrected chi connectivity index (χ1v) is 15.5. The van der Waals surface area contributed by atoms with Crippen molar-refractivity contribution in [2.24, 2.45) is 0 Å². The standard InChI is InChI=1S/C32H44N6O6/c1-5-43-31(42)38-20-18-37(19-21-38)30(41)24(14-15-27(39)44-32(2,3)4)34-29(40)25-22-26(36-16-10-7-11-17-36)35-28(33-25)23-12-8-6-9-13-23/h6,8-9,12-13,22,24H,5,7,10-11,14-21H2,1-4H3,(H,34,40). The predicted octanol–water partition coefficient (Wildman–Crippen LogP) is 3.65. The number of hydrogen-bond donors (Lipinski definition) is 1. The minimum absolute atomic E-state index is 0.0488. The average molecular weight is 609 g/mol. The molecule has 4 rings (SSSR count). The molecule has 0 aliphatic carbocycles. The van der Waals surface area contributed by atoms with E-state index in [4.69, 9.17) is 14.5 Å². The molecule has 2 saturated heterocycles. The van der Waals surface area contributed by atoms with Gasteiger partial charge < -0.3 is 29.5 Å². The van der Waals surface area contributed by atoms with Crippen molar-refractivity contribution in [2.45, 2.75) is 71.4 Å². The van der Waals surface area contributed by atoms with Crippen LogP contribution in [0.25, 0.3) is 11.4 Å². The molecule has 1 N–H and O–H groups in total. The zero-order valence-corrected chi connectivity index (χ0v) is 26.2. The Morgan fingerprint density at radius 3 is 2.20 bits per heavy atom. The molecule has 12 heteroatoms. The van der Waals surface area contributed by atoms with Crippen molar-refractivity contribution in [2.75, 3.05) is 50.8 Å². The summed E-state index contributed by atoms with van der Waals surface area (Å²) < 4.78 is 10.5. The molecule has 2 fully saturated rings. The van der Waals surface area contributed by atoms with Crippen molar-refractivity contribution in [1.82, 2.24) is 25.1 Å². The number of nitrogens with zero attached hydrogens (tertiary/aromatic N) is 5. The minimum atomic E-state index is -1.00. The Kier molecular flexibility index (Phi) is 11.1. The van der Waals surface area contributed by atoms with Crippen LogP contribution in [0.1, 0.15) is 70.3 Å². The number of rotatable bonds is 9. The maximum atomic E-state index is 13.8. The number of piperazine rings is 1. The second kappa shape index (κ2) is 15.0. The van der Waals surface area contributed by atoms with Crippen molar-refractivity contribution in [3.05, 3.63) is 42.1 Å². The molecule has 1 aromatic carbocycles. The van der Waals surface area contributed by atoms with E-state index in [-0.39, 0.29) is 44.1 Å². The summed E-state index contributed by atoms with van der Waals surface area (Å²) in [6.45, 7) is 10.2. The van der Waals surface area contributed by atoms with Crippen LogP contribution in [0.5, 0.6) is 0 Å². The van der Waals surface area contributed by atoms with E-state index in [0.717, 1.165) is 37.9 Å². The van der Waals surface area contributed by atoms with E-state index in [1.54, 1.807) is 43.6 Å². The zero-order chi connectivity index (χ0) is 31.7. The summed E-state index contributed by atoms with van der Waals surface area (Å²) in [4.78, 5) is 66.9. The van der Waals surface area contributed by atoms with Crippen LogP contribution in [-0.4, -0.2) is 101 Å². The van der Waals surface area contributed by atoms with E-state index >= 15 is 0 Å². The second-order valence-corrected chi connectivity index (χ2v) is 12.0. The fourth-order valence-electron chi connectivity index (χ4n) is 5.24. The fourth-order valence-corrected chi connectivity index (χ4v) is 5.24. The largest absolute Gasteiger partial charge is 0.460 e. The highest BCUT2D eigenvalue weighted by molar-refractivity contribution is 5.97. The third kappa shape index (κ3) is 9.14. The van der Waals surface area contributed by atoms with E-state index in [0.29, 0.717) is 24.7 Å². The summed E-state index contributed by atoms with van der Waals surface area (Å²) in [6, 6.07) is 10.1. The number of benzene rings is 1. The summed E-state index contributed by atoms with van der Waals surface area (Å²) in [6.07, 6.45) is 2.79. The van der Waals surface area contributed by atoms with Crippen LogP contribution in [0, 0.1) is 0 Å². The van der Waals surface area contributed by atoms with E-state index in [1.807, 2.05) is 30.3 Å². The molecule has 0 spiro atoms. The van der Waals surface area contributed by atoms with Crippen LogP contribution >= 0.6 is 0 Å². The lowest BCUT2D eigenvalue weighted by atomic mass is 10.1. The van der Waals surface area contributed by atoms with Gasteiger partial charge in [-0.05, 0) is 53.4 Å². The number of carbonyl (C=O) groups excluding carboxylic acids is 4. The van der Waals surface area contributed by atoms with Crippen molar-refractivity contribution in [3.8, 4) is 11.4 Å². The summed E-state index contributed by atoms with van der Waals surface area (Å²) in [5, 5.41) is 2.86. The number of amides is 3. The lowest BCUT2D eigenvalue weighted by Crippen LogP contribution is -2.56. The van der Waals surface area contributed by atoms with Gasteiger partial charge in [0, 0.05) is 57.3 Å².